The molecular formula is C12H18F3NOSi. The molecule has 0 amide bonds. The zero-order valence-corrected chi connectivity index (χ0v) is 11.8. The molecule has 0 bridgehead atoms. The van der Waals surface area contributed by atoms with Crippen LogP contribution in [0.15, 0.2) is 30.3 Å². The third-order valence-electron chi connectivity index (χ3n) is 3.05. The highest BCUT2D eigenvalue weighted by Gasteiger charge is 2.64. The van der Waals surface area contributed by atoms with Crippen LogP contribution in [0.1, 0.15) is 13.8 Å². The molecule has 1 rings (SSSR count). The highest BCUT2D eigenvalue weighted by Crippen LogP contribution is 2.31. The predicted octanol–water partition coefficient (Wildman–Crippen LogP) is 2.43. The molecule has 18 heavy (non-hydrogen) atoms. The van der Waals surface area contributed by atoms with Crippen molar-refractivity contribution in [1.82, 2.24) is 4.57 Å². The first kappa shape index (κ1) is 15.2. The molecule has 0 spiro atoms. The Bertz CT molecular complexity index is 367. The number of halogens is 3. The van der Waals surface area contributed by atoms with Crippen LogP contribution in [-0.4, -0.2) is 39.0 Å². The Morgan fingerprint density at radius 2 is 1.61 bits per heavy atom. The molecule has 0 radical (unpaired) electrons. The van der Waals surface area contributed by atoms with E-state index in [2.05, 4.69) is 0 Å². The van der Waals surface area contributed by atoms with Gasteiger partial charge in [-0.15, -0.1) is 0 Å². The fourth-order valence-electron chi connectivity index (χ4n) is 2.22. The molecule has 0 heterocycles. The topological polar surface area (TPSA) is 12.5 Å². The normalized spacial score (nSPS) is 15.7. The van der Waals surface area contributed by atoms with E-state index >= 15 is 0 Å². The number of nitrogens with zero attached hydrogens (tertiary/aromatic N) is 1. The number of rotatable bonds is 5. The first-order valence-corrected chi connectivity index (χ1v) is 7.72. The molecule has 102 valence electrons. The largest absolute Gasteiger partial charge is 0.425 e. The van der Waals surface area contributed by atoms with E-state index in [1.165, 1.54) is 16.7 Å². The van der Waals surface area contributed by atoms with Crippen molar-refractivity contribution in [2.75, 3.05) is 20.2 Å². The van der Waals surface area contributed by atoms with Crippen LogP contribution in [0, 0.1) is 0 Å². The Hall–Kier alpha value is -0.853. The molecule has 0 N–H and O–H groups in total. The lowest BCUT2D eigenvalue weighted by atomic mass is 10.4. The van der Waals surface area contributed by atoms with E-state index in [1.54, 1.807) is 32.0 Å². The maximum atomic E-state index is 13.6. The van der Waals surface area contributed by atoms with Crippen molar-refractivity contribution in [1.29, 1.82) is 0 Å². The van der Waals surface area contributed by atoms with E-state index < -0.39 is 14.3 Å². The summed E-state index contributed by atoms with van der Waals surface area (Å²) in [5.74, 6) is -4.37. The number of alkyl halides is 3. The molecule has 0 saturated heterocycles. The molecule has 1 atom stereocenters. The van der Waals surface area contributed by atoms with E-state index in [4.69, 9.17) is 4.43 Å². The average molecular weight is 277 g/mol. The van der Waals surface area contributed by atoms with E-state index in [0.717, 1.165) is 7.11 Å². The molecule has 1 aromatic carbocycles. The fourth-order valence-corrected chi connectivity index (χ4v) is 5.53. The van der Waals surface area contributed by atoms with Gasteiger partial charge in [-0.1, -0.05) is 44.2 Å². The van der Waals surface area contributed by atoms with Crippen LogP contribution < -0.4 is 5.19 Å². The molecule has 2 nitrogen and oxygen atoms in total. The van der Waals surface area contributed by atoms with Crippen LogP contribution in [-0.2, 0) is 4.43 Å². The molecule has 0 saturated carbocycles. The van der Waals surface area contributed by atoms with Crippen molar-refractivity contribution >= 4 is 13.7 Å². The Morgan fingerprint density at radius 1 is 1.11 bits per heavy atom. The van der Waals surface area contributed by atoms with Gasteiger partial charge in [0.05, 0.1) is 0 Å². The molecule has 0 aliphatic carbocycles. The number of hydrogen-bond donors (Lipinski definition) is 0. The van der Waals surface area contributed by atoms with Gasteiger partial charge in [0, 0.05) is 7.11 Å². The molecule has 1 unspecified atom stereocenters. The van der Waals surface area contributed by atoms with Crippen LogP contribution in [0.25, 0.3) is 0 Å². The summed E-state index contributed by atoms with van der Waals surface area (Å²) in [6, 6.07) is 7.94. The van der Waals surface area contributed by atoms with Crippen molar-refractivity contribution in [3.05, 3.63) is 30.3 Å². The zero-order chi connectivity index (χ0) is 13.8. The SMILES string of the molecule is CCN(CC)[Si](OC)(c1ccccc1)C(F)(F)F. The van der Waals surface area contributed by atoms with Crippen molar-refractivity contribution in [3.63, 3.8) is 0 Å². The quantitative estimate of drug-likeness (QED) is 0.766. The van der Waals surface area contributed by atoms with Gasteiger partial charge < -0.3 is 4.43 Å². The van der Waals surface area contributed by atoms with Gasteiger partial charge in [0.1, 0.15) is 0 Å². The summed E-state index contributed by atoms with van der Waals surface area (Å²) in [5.41, 5.74) is 0. The minimum absolute atomic E-state index is 0.240. The molecule has 1 aromatic rings. The lowest BCUT2D eigenvalue weighted by Gasteiger charge is -2.40. The second-order valence-corrected chi connectivity index (χ2v) is 7.36. The van der Waals surface area contributed by atoms with Gasteiger partial charge in [0.25, 0.3) is 0 Å². The Morgan fingerprint density at radius 3 is 1.94 bits per heavy atom. The van der Waals surface area contributed by atoms with E-state index in [0.29, 0.717) is 13.1 Å². The highest BCUT2D eigenvalue weighted by molar-refractivity contribution is 6.85. The van der Waals surface area contributed by atoms with Gasteiger partial charge in [-0.2, -0.15) is 13.2 Å². The summed E-state index contributed by atoms with van der Waals surface area (Å²) in [5, 5.41) is 0.240. The van der Waals surface area contributed by atoms with Gasteiger partial charge >= 0.3 is 14.3 Å². The Labute approximate surface area is 107 Å². The molecular weight excluding hydrogens is 259 g/mol. The predicted molar refractivity (Wildman–Crippen MR) is 67.8 cm³/mol. The smallest absolute Gasteiger partial charge is 0.397 e. The average Bonchev–Trinajstić information content (AvgIpc) is 2.35. The third kappa shape index (κ3) is 2.45. The summed E-state index contributed by atoms with van der Waals surface area (Å²) >= 11 is 0. The molecule has 0 aliphatic rings. The van der Waals surface area contributed by atoms with Gasteiger partial charge in [-0.05, 0) is 18.3 Å². The summed E-state index contributed by atoms with van der Waals surface area (Å²) in [4.78, 5) is 0. The third-order valence-corrected chi connectivity index (χ3v) is 7.05. The van der Waals surface area contributed by atoms with Gasteiger partial charge in [-0.25, -0.2) is 0 Å². The van der Waals surface area contributed by atoms with Crippen LogP contribution in [0.2, 0.25) is 0 Å². The van der Waals surface area contributed by atoms with Crippen LogP contribution >= 0.6 is 0 Å². The zero-order valence-electron chi connectivity index (χ0n) is 10.8. The first-order valence-electron chi connectivity index (χ1n) is 5.86. The molecule has 0 aromatic heterocycles. The number of benzene rings is 1. The lowest BCUT2D eigenvalue weighted by Crippen LogP contribution is -2.73. The van der Waals surface area contributed by atoms with Crippen molar-refractivity contribution in [2.45, 2.75) is 19.6 Å². The van der Waals surface area contributed by atoms with E-state index in [-0.39, 0.29) is 5.19 Å². The van der Waals surface area contributed by atoms with Crippen molar-refractivity contribution in [2.24, 2.45) is 0 Å². The molecule has 0 fully saturated rings. The van der Waals surface area contributed by atoms with Crippen LogP contribution in [0.5, 0.6) is 0 Å². The second-order valence-electron chi connectivity index (χ2n) is 3.88. The van der Waals surface area contributed by atoms with Crippen molar-refractivity contribution < 1.29 is 17.6 Å². The molecule has 0 aliphatic heterocycles. The maximum absolute atomic E-state index is 13.6. The van der Waals surface area contributed by atoms with Crippen LogP contribution in [0.4, 0.5) is 13.2 Å². The van der Waals surface area contributed by atoms with E-state index in [1.807, 2.05) is 0 Å². The second kappa shape index (κ2) is 5.86. The minimum Gasteiger partial charge on any atom is -0.397 e. The van der Waals surface area contributed by atoms with Gasteiger partial charge in [0.2, 0.25) is 0 Å². The van der Waals surface area contributed by atoms with Crippen molar-refractivity contribution in [3.8, 4) is 0 Å². The first-order chi connectivity index (χ1) is 8.44. The van der Waals surface area contributed by atoms with Gasteiger partial charge in [-0.3, -0.25) is 4.57 Å². The Balaban J connectivity index is 3.41. The molecule has 6 heteroatoms. The summed E-state index contributed by atoms with van der Waals surface area (Å²) in [6.07, 6.45) is 0. The van der Waals surface area contributed by atoms with E-state index in [9.17, 15) is 13.2 Å². The monoisotopic (exact) mass is 277 g/mol. The minimum atomic E-state index is -4.37. The summed E-state index contributed by atoms with van der Waals surface area (Å²) in [6.45, 7) is 4.06. The Kier molecular flexibility index (Phi) is 4.95. The standard InChI is InChI=1S/C12H18F3NOSi/c1-4-16(5-2)18(17-3,12(13,14)15)11-9-7-6-8-10-11/h6-10H,4-5H2,1-3H3. The summed E-state index contributed by atoms with van der Waals surface area (Å²) in [7, 11) is -2.99. The maximum Gasteiger partial charge on any atom is 0.425 e. The lowest BCUT2D eigenvalue weighted by molar-refractivity contribution is -0.0804. The van der Waals surface area contributed by atoms with Gasteiger partial charge in [0.15, 0.2) is 0 Å². The number of hydrogen-bond acceptors (Lipinski definition) is 2. The van der Waals surface area contributed by atoms with Crippen LogP contribution in [0.3, 0.4) is 0 Å². The fraction of sp³-hybridized carbons (Fsp3) is 0.500. The highest BCUT2D eigenvalue weighted by atomic mass is 28.4. The summed E-state index contributed by atoms with van der Waals surface area (Å²) < 4.78 is 47.2.